The predicted molar refractivity (Wildman–Crippen MR) is 73.7 cm³/mol. The summed E-state index contributed by atoms with van der Waals surface area (Å²) in [6, 6.07) is 0. The van der Waals surface area contributed by atoms with Crippen LogP contribution in [0.5, 0.6) is 0 Å². The Morgan fingerprint density at radius 3 is 2.32 bits per heavy atom. The van der Waals surface area contributed by atoms with Crippen molar-refractivity contribution >= 4 is 11.9 Å². The first-order valence-electron chi connectivity index (χ1n) is 7.13. The molecule has 0 spiro atoms. The Bertz CT molecular complexity index is 321. The summed E-state index contributed by atoms with van der Waals surface area (Å²) < 4.78 is 5.03. The molecule has 1 heterocycles. The largest absolute Gasteiger partial charge is 0.466 e. The molecule has 0 atom stereocenters. The second-order valence-electron chi connectivity index (χ2n) is 5.47. The van der Waals surface area contributed by atoms with E-state index in [-0.39, 0.29) is 17.8 Å². The Kier molecular flexibility index (Phi) is 5.79. The van der Waals surface area contributed by atoms with Crippen molar-refractivity contribution in [2.24, 2.45) is 5.92 Å². The maximum atomic E-state index is 12.4. The minimum atomic E-state index is -0.536. The molecule has 0 saturated carbocycles. The number of carbonyl (C=O) groups is 2. The Labute approximate surface area is 115 Å². The fraction of sp³-hybridized carbons (Fsp3) is 0.857. The van der Waals surface area contributed by atoms with Crippen molar-refractivity contribution in [3.63, 3.8) is 0 Å². The van der Waals surface area contributed by atoms with Gasteiger partial charge in [0, 0.05) is 13.1 Å². The second kappa shape index (κ2) is 6.89. The number of rotatable bonds is 5. The number of amides is 1. The summed E-state index contributed by atoms with van der Waals surface area (Å²) >= 11 is 0. The van der Waals surface area contributed by atoms with Gasteiger partial charge in [0.1, 0.15) is 0 Å². The maximum Gasteiger partial charge on any atom is 0.309 e. The lowest BCUT2D eigenvalue weighted by Crippen LogP contribution is -2.55. The van der Waals surface area contributed by atoms with E-state index < -0.39 is 5.54 Å². The second-order valence-corrected chi connectivity index (χ2v) is 5.47. The lowest BCUT2D eigenvalue weighted by atomic mass is 9.94. The van der Waals surface area contributed by atoms with E-state index in [9.17, 15) is 9.59 Å². The van der Waals surface area contributed by atoms with Crippen molar-refractivity contribution in [1.29, 1.82) is 0 Å². The van der Waals surface area contributed by atoms with Crippen LogP contribution in [0.25, 0.3) is 0 Å². The summed E-state index contributed by atoms with van der Waals surface area (Å²) in [6.07, 6.45) is 1.40. The smallest absolute Gasteiger partial charge is 0.309 e. The molecule has 0 unspecified atom stereocenters. The minimum absolute atomic E-state index is 0.0498. The number of piperidine rings is 1. The van der Waals surface area contributed by atoms with Gasteiger partial charge in [0.05, 0.1) is 18.1 Å². The highest BCUT2D eigenvalue weighted by molar-refractivity contribution is 5.85. The van der Waals surface area contributed by atoms with Crippen LogP contribution in [0.3, 0.4) is 0 Å². The lowest BCUT2D eigenvalue weighted by Gasteiger charge is -2.36. The SMILES string of the molecule is CCNC(C)(C)C(=O)N1CCC(C(=O)OCC)CC1. The molecule has 1 N–H and O–H groups in total. The zero-order chi connectivity index (χ0) is 14.5. The molecule has 0 bridgehead atoms. The number of nitrogens with one attached hydrogen (secondary N) is 1. The number of hydrogen-bond donors (Lipinski definition) is 1. The first-order chi connectivity index (χ1) is 8.92. The van der Waals surface area contributed by atoms with E-state index in [1.54, 1.807) is 0 Å². The molecule has 0 aliphatic carbocycles. The van der Waals surface area contributed by atoms with Crippen molar-refractivity contribution in [1.82, 2.24) is 10.2 Å². The first-order valence-corrected chi connectivity index (χ1v) is 7.13. The van der Waals surface area contributed by atoms with Gasteiger partial charge >= 0.3 is 5.97 Å². The highest BCUT2D eigenvalue weighted by Crippen LogP contribution is 2.21. The molecule has 1 aliphatic rings. The molecule has 0 aromatic carbocycles. The van der Waals surface area contributed by atoms with Gasteiger partial charge in [0.25, 0.3) is 0 Å². The fourth-order valence-corrected chi connectivity index (χ4v) is 2.49. The van der Waals surface area contributed by atoms with Gasteiger partial charge in [-0.25, -0.2) is 0 Å². The fourth-order valence-electron chi connectivity index (χ4n) is 2.49. The van der Waals surface area contributed by atoms with E-state index in [1.807, 2.05) is 32.6 Å². The summed E-state index contributed by atoms with van der Waals surface area (Å²) in [4.78, 5) is 25.8. The molecule has 1 amide bonds. The monoisotopic (exact) mass is 270 g/mol. The quantitative estimate of drug-likeness (QED) is 0.762. The van der Waals surface area contributed by atoms with E-state index in [0.29, 0.717) is 32.5 Å². The number of hydrogen-bond acceptors (Lipinski definition) is 4. The number of nitrogens with zero attached hydrogens (tertiary/aromatic N) is 1. The normalized spacial score (nSPS) is 17.4. The van der Waals surface area contributed by atoms with Gasteiger partial charge in [0.2, 0.25) is 5.91 Å². The lowest BCUT2D eigenvalue weighted by molar-refractivity contribution is -0.152. The standard InChI is InChI=1S/C14H26N2O3/c1-5-15-14(3,4)13(18)16-9-7-11(8-10-16)12(17)19-6-2/h11,15H,5-10H2,1-4H3. The third-order valence-corrected chi connectivity index (χ3v) is 3.56. The van der Waals surface area contributed by atoms with Crippen molar-refractivity contribution in [2.75, 3.05) is 26.2 Å². The van der Waals surface area contributed by atoms with Gasteiger partial charge in [0.15, 0.2) is 0 Å². The average molecular weight is 270 g/mol. The molecule has 0 radical (unpaired) electrons. The first kappa shape index (κ1) is 16.0. The van der Waals surface area contributed by atoms with Gasteiger partial charge in [-0.1, -0.05) is 6.92 Å². The Morgan fingerprint density at radius 2 is 1.84 bits per heavy atom. The summed E-state index contributed by atoms with van der Waals surface area (Å²) in [5.74, 6) is -0.0663. The third kappa shape index (κ3) is 4.20. The zero-order valence-electron chi connectivity index (χ0n) is 12.5. The molecule has 5 heteroatoms. The van der Waals surface area contributed by atoms with Crippen LogP contribution in [0.2, 0.25) is 0 Å². The van der Waals surface area contributed by atoms with E-state index in [2.05, 4.69) is 5.32 Å². The van der Waals surface area contributed by atoms with Crippen LogP contribution in [-0.2, 0) is 14.3 Å². The van der Waals surface area contributed by atoms with Crippen molar-refractivity contribution < 1.29 is 14.3 Å². The highest BCUT2D eigenvalue weighted by atomic mass is 16.5. The topological polar surface area (TPSA) is 58.6 Å². The molecular formula is C14H26N2O3. The molecule has 110 valence electrons. The van der Waals surface area contributed by atoms with E-state index in [1.165, 1.54) is 0 Å². The Balaban J connectivity index is 2.49. The molecule has 1 saturated heterocycles. The van der Waals surface area contributed by atoms with Gasteiger partial charge in [-0.05, 0) is 40.2 Å². The molecule has 0 aromatic rings. The van der Waals surface area contributed by atoms with Crippen LogP contribution in [0.1, 0.15) is 40.5 Å². The summed E-state index contributed by atoms with van der Waals surface area (Å²) in [5, 5.41) is 3.19. The number of ether oxygens (including phenoxy) is 1. The summed E-state index contributed by atoms with van der Waals surface area (Å²) in [6.45, 7) is 10.1. The summed E-state index contributed by atoms with van der Waals surface area (Å²) in [5.41, 5.74) is -0.536. The van der Waals surface area contributed by atoms with Crippen LogP contribution < -0.4 is 5.32 Å². The third-order valence-electron chi connectivity index (χ3n) is 3.56. The van der Waals surface area contributed by atoms with E-state index in [4.69, 9.17) is 4.74 Å². The molecular weight excluding hydrogens is 244 g/mol. The number of esters is 1. The van der Waals surface area contributed by atoms with Crippen LogP contribution in [0, 0.1) is 5.92 Å². The number of carbonyl (C=O) groups excluding carboxylic acids is 2. The van der Waals surface area contributed by atoms with E-state index in [0.717, 1.165) is 6.54 Å². The molecule has 1 fully saturated rings. The molecule has 1 aliphatic heterocycles. The van der Waals surface area contributed by atoms with Crippen LogP contribution in [-0.4, -0.2) is 48.6 Å². The van der Waals surface area contributed by atoms with Crippen LogP contribution in [0.15, 0.2) is 0 Å². The van der Waals surface area contributed by atoms with Crippen molar-refractivity contribution in [2.45, 2.75) is 46.1 Å². The Hall–Kier alpha value is -1.10. The van der Waals surface area contributed by atoms with Gasteiger partial charge in [-0.15, -0.1) is 0 Å². The van der Waals surface area contributed by atoms with E-state index >= 15 is 0 Å². The van der Waals surface area contributed by atoms with Gasteiger partial charge in [-0.3, -0.25) is 9.59 Å². The zero-order valence-corrected chi connectivity index (χ0v) is 12.5. The molecule has 1 rings (SSSR count). The van der Waals surface area contributed by atoms with Crippen molar-refractivity contribution in [3.05, 3.63) is 0 Å². The Morgan fingerprint density at radius 1 is 1.26 bits per heavy atom. The number of likely N-dealkylation sites (N-methyl/N-ethyl adjacent to an activating group) is 1. The minimum Gasteiger partial charge on any atom is -0.466 e. The molecule has 5 nitrogen and oxygen atoms in total. The van der Waals surface area contributed by atoms with Crippen LogP contribution >= 0.6 is 0 Å². The van der Waals surface area contributed by atoms with Crippen LogP contribution in [0.4, 0.5) is 0 Å². The molecule has 0 aromatic heterocycles. The highest BCUT2D eigenvalue weighted by Gasteiger charge is 2.34. The molecule has 19 heavy (non-hydrogen) atoms. The number of likely N-dealkylation sites (tertiary alicyclic amines) is 1. The average Bonchev–Trinajstić information content (AvgIpc) is 2.38. The maximum absolute atomic E-state index is 12.4. The predicted octanol–water partition coefficient (Wildman–Crippen LogP) is 1.18. The van der Waals surface area contributed by atoms with Gasteiger partial charge < -0.3 is 15.0 Å². The van der Waals surface area contributed by atoms with Gasteiger partial charge in [-0.2, -0.15) is 0 Å². The van der Waals surface area contributed by atoms with Crippen molar-refractivity contribution in [3.8, 4) is 0 Å². The summed E-state index contributed by atoms with van der Waals surface area (Å²) in [7, 11) is 0.